The molecular weight excluding hydrogens is 617 g/mol. The fourth-order valence-corrected chi connectivity index (χ4v) is 9.17. The van der Waals surface area contributed by atoms with Crippen molar-refractivity contribution in [2.45, 2.75) is 44.9 Å². The Morgan fingerprint density at radius 2 is 1.57 bits per heavy atom. The van der Waals surface area contributed by atoms with E-state index in [-0.39, 0.29) is 0 Å². The van der Waals surface area contributed by atoms with E-state index in [1.165, 1.54) is 67.3 Å². The normalized spacial score (nSPS) is 21.3. The molecule has 5 aromatic carbocycles. The lowest BCUT2D eigenvalue weighted by Crippen LogP contribution is -2.13. The third kappa shape index (κ3) is 5.08. The second-order valence-electron chi connectivity index (χ2n) is 14.8. The van der Waals surface area contributed by atoms with Crippen LogP contribution in [0.25, 0.3) is 62.9 Å². The third-order valence-corrected chi connectivity index (χ3v) is 12.0. The van der Waals surface area contributed by atoms with Crippen LogP contribution >= 0.6 is 0 Å². The summed E-state index contributed by atoms with van der Waals surface area (Å²) < 4.78 is 0. The molecule has 4 unspecified atom stereocenters. The van der Waals surface area contributed by atoms with Crippen LogP contribution in [0.3, 0.4) is 0 Å². The molecule has 1 heterocycles. The van der Waals surface area contributed by atoms with Gasteiger partial charge in [-0.25, -0.2) is 9.97 Å². The van der Waals surface area contributed by atoms with Crippen LogP contribution in [0.2, 0.25) is 0 Å². The van der Waals surface area contributed by atoms with Gasteiger partial charge in [-0.3, -0.25) is 0 Å². The van der Waals surface area contributed by atoms with Crippen LogP contribution in [-0.2, 0) is 6.42 Å². The standard InChI is InChI=1S/C49H40N2/c1-3-31-25-39(30(2)32-13-6-4-7-14-32)34-17-12-18-37-42-27-36-22-21-35-26-40(35)41(36)29-43(42)38(48(31)44(37)28-34)23-24-47-49(33-15-8-5-9-16-33)51-46-20-11-10-19-45(46)50-47/h3-24,27,29-30,35,39-40H,25-26,28H2,1-2H3/b24-23+,31-3-. The minimum absolute atomic E-state index is 0.399. The van der Waals surface area contributed by atoms with E-state index in [0.29, 0.717) is 23.7 Å². The largest absolute Gasteiger partial charge is 0.244 e. The zero-order valence-electron chi connectivity index (χ0n) is 29.2. The Hall–Kier alpha value is -5.60. The Morgan fingerprint density at radius 3 is 2.37 bits per heavy atom. The highest BCUT2D eigenvalue weighted by atomic mass is 14.8. The van der Waals surface area contributed by atoms with Gasteiger partial charge in [0.25, 0.3) is 0 Å². The molecule has 10 rings (SSSR count). The van der Waals surface area contributed by atoms with Gasteiger partial charge in [-0.2, -0.15) is 0 Å². The van der Waals surface area contributed by atoms with Crippen LogP contribution in [0.15, 0.2) is 127 Å². The van der Waals surface area contributed by atoms with Gasteiger partial charge in [0.05, 0.1) is 22.4 Å². The van der Waals surface area contributed by atoms with Crippen molar-refractivity contribution < 1.29 is 0 Å². The molecule has 1 saturated carbocycles. The summed E-state index contributed by atoms with van der Waals surface area (Å²) in [4.78, 5) is 10.4. The third-order valence-electron chi connectivity index (χ3n) is 12.0. The van der Waals surface area contributed by atoms with Crippen LogP contribution in [0.5, 0.6) is 0 Å². The quantitative estimate of drug-likeness (QED) is 0.185. The summed E-state index contributed by atoms with van der Waals surface area (Å²) in [6.45, 7) is 4.67. The number of para-hydroxylation sites is 2. The smallest absolute Gasteiger partial charge is 0.0966 e. The molecule has 0 amide bonds. The maximum absolute atomic E-state index is 5.24. The molecule has 4 atom stereocenters. The van der Waals surface area contributed by atoms with Crippen LogP contribution in [0.4, 0.5) is 0 Å². The fraction of sp³-hybridized carbons (Fsp3) is 0.184. The molecule has 51 heavy (non-hydrogen) atoms. The Kier molecular flexibility index (Phi) is 7.13. The molecule has 4 aliphatic rings. The first-order valence-electron chi connectivity index (χ1n) is 18.6. The van der Waals surface area contributed by atoms with Crippen molar-refractivity contribution in [2.75, 3.05) is 0 Å². The van der Waals surface area contributed by atoms with Crippen molar-refractivity contribution in [3.63, 3.8) is 0 Å². The Bertz CT molecular complexity index is 2530. The van der Waals surface area contributed by atoms with Crippen molar-refractivity contribution in [3.8, 4) is 11.3 Å². The molecule has 0 aliphatic heterocycles. The molecule has 0 N–H and O–H groups in total. The fourth-order valence-electron chi connectivity index (χ4n) is 9.17. The van der Waals surface area contributed by atoms with Gasteiger partial charge in [0.15, 0.2) is 0 Å². The van der Waals surface area contributed by atoms with Gasteiger partial charge in [-0.05, 0) is 135 Å². The van der Waals surface area contributed by atoms with Gasteiger partial charge in [-0.15, -0.1) is 0 Å². The highest BCUT2D eigenvalue weighted by Crippen LogP contribution is 2.55. The molecule has 2 nitrogen and oxygen atoms in total. The molecule has 2 bridgehead atoms. The first kappa shape index (κ1) is 30.2. The van der Waals surface area contributed by atoms with E-state index in [1.807, 2.05) is 12.1 Å². The molecule has 1 aromatic heterocycles. The molecule has 246 valence electrons. The minimum atomic E-state index is 0.399. The van der Waals surface area contributed by atoms with Gasteiger partial charge >= 0.3 is 0 Å². The number of benzene rings is 5. The number of rotatable bonds is 5. The number of nitrogens with zero attached hydrogens (tertiary/aromatic N) is 2. The van der Waals surface area contributed by atoms with Gasteiger partial charge in [0, 0.05) is 5.56 Å². The second-order valence-corrected chi connectivity index (χ2v) is 14.8. The lowest BCUT2D eigenvalue weighted by molar-refractivity contribution is 0.520. The molecule has 4 aliphatic carbocycles. The number of aromatic nitrogens is 2. The zero-order chi connectivity index (χ0) is 34.1. The van der Waals surface area contributed by atoms with Crippen LogP contribution in [0.1, 0.15) is 83.2 Å². The summed E-state index contributed by atoms with van der Waals surface area (Å²) in [7, 11) is 0. The molecule has 1 fully saturated rings. The average Bonchev–Trinajstić information content (AvgIpc) is 4.02. The van der Waals surface area contributed by atoms with Crippen molar-refractivity contribution in [1.29, 1.82) is 0 Å². The topological polar surface area (TPSA) is 25.8 Å². The highest BCUT2D eigenvalue weighted by Gasteiger charge is 2.40. The number of hydrogen-bond acceptors (Lipinski definition) is 2. The molecule has 0 radical (unpaired) electrons. The predicted octanol–water partition coefficient (Wildman–Crippen LogP) is 12.5. The maximum Gasteiger partial charge on any atom is 0.0966 e. The Balaban J connectivity index is 1.22. The van der Waals surface area contributed by atoms with Crippen molar-refractivity contribution in [2.24, 2.45) is 11.8 Å². The zero-order valence-corrected chi connectivity index (χ0v) is 29.2. The Labute approximate surface area is 300 Å². The second kappa shape index (κ2) is 12.0. The number of fused-ring (bicyclic) bond motifs is 7. The van der Waals surface area contributed by atoms with Gasteiger partial charge < -0.3 is 0 Å². The summed E-state index contributed by atoms with van der Waals surface area (Å²) in [5.41, 5.74) is 17.5. The van der Waals surface area contributed by atoms with Gasteiger partial charge in [0.1, 0.15) is 0 Å². The predicted molar refractivity (Wildman–Crippen MR) is 215 cm³/mol. The molecule has 2 heteroatoms. The summed E-state index contributed by atoms with van der Waals surface area (Å²) in [5.74, 6) is 2.13. The SMILES string of the molecule is C/C=C1/CC(C(C)c2ccccc2)C2=CC=Cc3c(c1c(/C=C/c1nc4ccccc4nc1-c1ccccc1)c1cc4c(cc31)C=CC1CC41)C2. The van der Waals surface area contributed by atoms with E-state index < -0.39 is 0 Å². The van der Waals surface area contributed by atoms with Crippen LogP contribution in [0, 0.1) is 11.8 Å². The summed E-state index contributed by atoms with van der Waals surface area (Å²) in [5, 5.41) is 2.69. The number of allylic oxidation sites excluding steroid dienone is 6. The van der Waals surface area contributed by atoms with Crippen LogP contribution in [-0.4, -0.2) is 9.97 Å². The minimum Gasteiger partial charge on any atom is -0.244 e. The van der Waals surface area contributed by atoms with E-state index in [4.69, 9.17) is 9.97 Å². The summed E-state index contributed by atoms with van der Waals surface area (Å²) in [6.07, 6.45) is 22.2. The van der Waals surface area contributed by atoms with E-state index in [2.05, 4.69) is 147 Å². The molecule has 0 saturated heterocycles. The lowest BCUT2D eigenvalue weighted by atomic mass is 9.78. The molecular formula is C49H40N2. The summed E-state index contributed by atoms with van der Waals surface area (Å²) in [6, 6.07) is 34.9. The highest BCUT2D eigenvalue weighted by molar-refractivity contribution is 6.06. The van der Waals surface area contributed by atoms with Gasteiger partial charge in [0.2, 0.25) is 0 Å². The van der Waals surface area contributed by atoms with Crippen LogP contribution < -0.4 is 0 Å². The molecule has 6 aromatic rings. The van der Waals surface area contributed by atoms with E-state index in [0.717, 1.165) is 40.8 Å². The average molecular weight is 657 g/mol. The maximum atomic E-state index is 5.24. The molecule has 0 spiro atoms. The Morgan fingerprint density at radius 1 is 0.804 bits per heavy atom. The first-order chi connectivity index (χ1) is 25.1. The number of hydrogen-bond donors (Lipinski definition) is 0. The van der Waals surface area contributed by atoms with Gasteiger partial charge in [-0.1, -0.05) is 128 Å². The lowest BCUT2D eigenvalue weighted by Gasteiger charge is -2.26. The van der Waals surface area contributed by atoms with E-state index in [1.54, 1.807) is 0 Å². The monoisotopic (exact) mass is 656 g/mol. The summed E-state index contributed by atoms with van der Waals surface area (Å²) >= 11 is 0. The van der Waals surface area contributed by atoms with E-state index >= 15 is 0 Å². The van der Waals surface area contributed by atoms with E-state index in [9.17, 15) is 0 Å². The van der Waals surface area contributed by atoms with Crippen molar-refractivity contribution >= 4 is 51.7 Å². The van der Waals surface area contributed by atoms with Crippen molar-refractivity contribution in [1.82, 2.24) is 9.97 Å². The first-order valence-corrected chi connectivity index (χ1v) is 18.6. The van der Waals surface area contributed by atoms with Crippen molar-refractivity contribution in [3.05, 3.63) is 172 Å².